The van der Waals surface area contributed by atoms with Crippen LogP contribution in [-0.4, -0.2) is 59.3 Å². The summed E-state index contributed by atoms with van der Waals surface area (Å²) in [5, 5.41) is 11.8. The highest BCUT2D eigenvalue weighted by Gasteiger charge is 2.66. The number of fused-ring (bicyclic) bond motifs is 5. The Kier molecular flexibility index (Phi) is 5.59. The molecule has 1 aliphatic carbocycles. The number of carbonyl (C=O) groups is 2. The van der Waals surface area contributed by atoms with Gasteiger partial charge in [-0.3, -0.25) is 9.59 Å². The van der Waals surface area contributed by atoms with Gasteiger partial charge in [-0.2, -0.15) is 0 Å². The fourth-order valence-electron chi connectivity index (χ4n) is 6.06. The Hall–Kier alpha value is -1.70. The lowest BCUT2D eigenvalue weighted by Crippen LogP contribution is -2.58. The van der Waals surface area contributed by atoms with Crippen molar-refractivity contribution in [2.75, 3.05) is 6.61 Å². The summed E-state index contributed by atoms with van der Waals surface area (Å²) in [6.07, 6.45) is 3.30. The second kappa shape index (κ2) is 7.71. The molecule has 0 aromatic rings. The summed E-state index contributed by atoms with van der Waals surface area (Å²) in [5.41, 5.74) is 0.350. The van der Waals surface area contributed by atoms with Gasteiger partial charge in [0.1, 0.15) is 17.8 Å². The Bertz CT molecular complexity index is 822. The molecular formula is C24H34O7. The second-order valence-corrected chi connectivity index (χ2v) is 10.1. The van der Waals surface area contributed by atoms with Crippen LogP contribution in [0.2, 0.25) is 0 Å². The van der Waals surface area contributed by atoms with E-state index in [4.69, 9.17) is 18.9 Å². The Morgan fingerprint density at radius 2 is 1.81 bits per heavy atom. The molecule has 0 aromatic carbocycles. The van der Waals surface area contributed by atoms with Crippen LogP contribution < -0.4 is 0 Å². The van der Waals surface area contributed by atoms with Crippen LogP contribution in [0.15, 0.2) is 23.3 Å². The van der Waals surface area contributed by atoms with Gasteiger partial charge in [-0.15, -0.1) is 0 Å². The maximum atomic E-state index is 11.9. The van der Waals surface area contributed by atoms with Crippen LogP contribution in [0, 0.1) is 17.8 Å². The molecule has 4 rings (SSSR count). The molecule has 0 saturated carbocycles. The smallest absolute Gasteiger partial charge is 0.303 e. The van der Waals surface area contributed by atoms with E-state index in [1.807, 2.05) is 32.9 Å². The summed E-state index contributed by atoms with van der Waals surface area (Å²) < 4.78 is 23.8. The van der Waals surface area contributed by atoms with Crippen LogP contribution in [0.1, 0.15) is 54.4 Å². The van der Waals surface area contributed by atoms with E-state index >= 15 is 0 Å². The Morgan fingerprint density at radius 1 is 1.16 bits per heavy atom. The second-order valence-electron chi connectivity index (χ2n) is 10.1. The molecule has 31 heavy (non-hydrogen) atoms. The third kappa shape index (κ3) is 3.96. The van der Waals surface area contributed by atoms with E-state index in [-0.39, 0.29) is 29.8 Å². The molecule has 2 bridgehead atoms. The number of hydrogen-bond acceptors (Lipinski definition) is 7. The summed E-state index contributed by atoms with van der Waals surface area (Å²) in [6, 6.07) is 0. The molecule has 0 amide bonds. The van der Waals surface area contributed by atoms with E-state index in [0.29, 0.717) is 13.0 Å². The Labute approximate surface area is 183 Å². The highest BCUT2D eigenvalue weighted by Crippen LogP contribution is 2.57. The minimum Gasteiger partial charge on any atom is -0.459 e. The standard InChI is InChI=1S/C24H34O7/c1-12-7-8-18(30-15(4)26)24(6,27)22-20-19(16(9-12)31-22)13(2)10-17(29-14(3)25)21(20)23(5)11-28-23/h7,10,16-22,27H,8-9,11H2,1-6H3/t16-,17-,18+,19-,20+,21+,22-,23+,24-/m1/s1. The molecule has 0 radical (unpaired) electrons. The van der Waals surface area contributed by atoms with Crippen molar-refractivity contribution in [2.24, 2.45) is 17.8 Å². The number of ether oxygens (including phenoxy) is 4. The summed E-state index contributed by atoms with van der Waals surface area (Å²) in [5.74, 6) is -1.06. The minimum absolute atomic E-state index is 0.0498. The molecule has 3 heterocycles. The molecule has 2 fully saturated rings. The molecule has 2 saturated heterocycles. The van der Waals surface area contributed by atoms with Gasteiger partial charge in [0.25, 0.3) is 0 Å². The summed E-state index contributed by atoms with van der Waals surface area (Å²) in [6.45, 7) is 11.1. The lowest BCUT2D eigenvalue weighted by molar-refractivity contribution is -0.191. The minimum atomic E-state index is -1.42. The van der Waals surface area contributed by atoms with Crippen molar-refractivity contribution >= 4 is 11.9 Å². The molecule has 7 nitrogen and oxygen atoms in total. The van der Waals surface area contributed by atoms with E-state index in [1.54, 1.807) is 6.92 Å². The first kappa shape index (κ1) is 22.5. The van der Waals surface area contributed by atoms with Gasteiger partial charge in [0, 0.05) is 38.0 Å². The van der Waals surface area contributed by atoms with Crippen LogP contribution >= 0.6 is 0 Å². The maximum Gasteiger partial charge on any atom is 0.303 e. The third-order valence-electron chi connectivity index (χ3n) is 7.55. The molecule has 0 spiro atoms. The first-order valence-corrected chi connectivity index (χ1v) is 11.1. The van der Waals surface area contributed by atoms with E-state index in [1.165, 1.54) is 13.8 Å². The molecule has 1 N–H and O–H groups in total. The van der Waals surface area contributed by atoms with Gasteiger partial charge in [0.05, 0.1) is 24.4 Å². The van der Waals surface area contributed by atoms with Crippen molar-refractivity contribution < 1.29 is 33.6 Å². The van der Waals surface area contributed by atoms with Crippen molar-refractivity contribution in [3.8, 4) is 0 Å². The highest BCUT2D eigenvalue weighted by atomic mass is 16.6. The number of epoxide rings is 1. The van der Waals surface area contributed by atoms with E-state index in [9.17, 15) is 14.7 Å². The number of rotatable bonds is 3. The van der Waals surface area contributed by atoms with Gasteiger partial charge >= 0.3 is 11.9 Å². The number of carbonyl (C=O) groups excluding carboxylic acids is 2. The van der Waals surface area contributed by atoms with Crippen molar-refractivity contribution in [3.63, 3.8) is 0 Å². The van der Waals surface area contributed by atoms with Gasteiger partial charge in [-0.25, -0.2) is 0 Å². The molecule has 0 unspecified atom stereocenters. The van der Waals surface area contributed by atoms with Gasteiger partial charge in [0.2, 0.25) is 0 Å². The largest absolute Gasteiger partial charge is 0.459 e. The predicted molar refractivity (Wildman–Crippen MR) is 112 cm³/mol. The topological polar surface area (TPSA) is 94.6 Å². The summed E-state index contributed by atoms with van der Waals surface area (Å²) >= 11 is 0. The average Bonchev–Trinajstić information content (AvgIpc) is 3.25. The monoisotopic (exact) mass is 434 g/mol. The normalized spacial score (nSPS) is 46.5. The van der Waals surface area contributed by atoms with Gasteiger partial charge in [-0.05, 0) is 40.2 Å². The molecule has 4 aliphatic rings. The first-order valence-electron chi connectivity index (χ1n) is 11.1. The maximum absolute atomic E-state index is 11.9. The van der Waals surface area contributed by atoms with Crippen molar-refractivity contribution in [3.05, 3.63) is 23.3 Å². The molecule has 7 heteroatoms. The lowest BCUT2D eigenvalue weighted by atomic mass is 9.61. The van der Waals surface area contributed by atoms with E-state index in [2.05, 4.69) is 0 Å². The first-order chi connectivity index (χ1) is 14.4. The third-order valence-corrected chi connectivity index (χ3v) is 7.55. The van der Waals surface area contributed by atoms with Gasteiger partial charge in [-0.1, -0.05) is 17.2 Å². The Morgan fingerprint density at radius 3 is 2.39 bits per heavy atom. The van der Waals surface area contributed by atoms with Crippen molar-refractivity contribution in [1.29, 1.82) is 0 Å². The predicted octanol–water partition coefficient (Wildman–Crippen LogP) is 2.71. The molecule has 9 atom stereocenters. The van der Waals surface area contributed by atoms with E-state index < -0.39 is 35.5 Å². The molecule has 3 aliphatic heterocycles. The van der Waals surface area contributed by atoms with Crippen LogP contribution in [0.25, 0.3) is 0 Å². The highest BCUT2D eigenvalue weighted by molar-refractivity contribution is 5.67. The van der Waals surface area contributed by atoms with Crippen LogP contribution in [0.3, 0.4) is 0 Å². The van der Waals surface area contributed by atoms with Gasteiger partial charge in [0.15, 0.2) is 0 Å². The van der Waals surface area contributed by atoms with E-state index in [0.717, 1.165) is 17.6 Å². The van der Waals surface area contributed by atoms with Crippen molar-refractivity contribution in [1.82, 2.24) is 0 Å². The van der Waals surface area contributed by atoms with Gasteiger partial charge < -0.3 is 24.1 Å². The van der Waals surface area contributed by atoms with Crippen molar-refractivity contribution in [2.45, 2.75) is 90.0 Å². The number of hydrogen-bond donors (Lipinski definition) is 1. The zero-order chi connectivity index (χ0) is 22.7. The zero-order valence-electron chi connectivity index (χ0n) is 19.2. The lowest BCUT2D eigenvalue weighted by Gasteiger charge is -2.46. The summed E-state index contributed by atoms with van der Waals surface area (Å²) in [4.78, 5) is 23.7. The SMILES string of the molecule is CC(=O)O[C@H]1CC=C(C)C[C@H]2O[C@H]([C@H]3[C@@H]2C(C)=C[C@@H](OC(C)=O)[C@@H]3[C@]2(C)CO2)[C@]1(C)O. The number of aliphatic hydroxyl groups is 1. The van der Waals surface area contributed by atoms with Crippen LogP contribution in [-0.2, 0) is 28.5 Å². The van der Waals surface area contributed by atoms with Crippen LogP contribution in [0.5, 0.6) is 0 Å². The zero-order valence-corrected chi connectivity index (χ0v) is 19.2. The summed E-state index contributed by atoms with van der Waals surface area (Å²) in [7, 11) is 0. The van der Waals surface area contributed by atoms with Crippen LogP contribution in [0.4, 0.5) is 0 Å². The molecule has 0 aromatic heterocycles. The fraction of sp³-hybridized carbons (Fsp3) is 0.750. The number of esters is 2. The molecule has 172 valence electrons. The average molecular weight is 435 g/mol. The quantitative estimate of drug-likeness (QED) is 0.415. The molecular weight excluding hydrogens is 400 g/mol. The fourth-order valence-corrected chi connectivity index (χ4v) is 6.06. The Balaban J connectivity index is 1.82.